The maximum atomic E-state index is 14.0. The average molecular weight is 356 g/mol. The summed E-state index contributed by atoms with van der Waals surface area (Å²) in [5, 5.41) is 3.12. The standard InChI is InChI=1S/C16H16BrF2NO/c1-3-20-16(15-12(18)5-4-6-13(15)19)10-7-8-14(21-2)11(17)9-10/h4-9,16,20H,3H2,1-2H3. The van der Waals surface area contributed by atoms with Gasteiger partial charge in [0.25, 0.3) is 0 Å². The van der Waals surface area contributed by atoms with Crippen molar-refractivity contribution in [2.45, 2.75) is 13.0 Å². The van der Waals surface area contributed by atoms with Crippen LogP contribution in [0.5, 0.6) is 5.75 Å². The molecule has 0 aliphatic carbocycles. The van der Waals surface area contributed by atoms with Gasteiger partial charge < -0.3 is 10.1 Å². The molecule has 112 valence electrons. The Hall–Kier alpha value is -1.46. The van der Waals surface area contributed by atoms with Crippen LogP contribution in [0, 0.1) is 11.6 Å². The summed E-state index contributed by atoms with van der Waals surface area (Å²) >= 11 is 3.40. The van der Waals surface area contributed by atoms with Crippen molar-refractivity contribution in [3.63, 3.8) is 0 Å². The predicted molar refractivity (Wildman–Crippen MR) is 82.6 cm³/mol. The molecule has 5 heteroatoms. The third-order valence-electron chi connectivity index (χ3n) is 3.21. The fraction of sp³-hybridized carbons (Fsp3) is 0.250. The maximum absolute atomic E-state index is 14.0. The Morgan fingerprint density at radius 2 is 1.86 bits per heavy atom. The van der Waals surface area contributed by atoms with Crippen molar-refractivity contribution < 1.29 is 13.5 Å². The van der Waals surface area contributed by atoms with Gasteiger partial charge in [-0.25, -0.2) is 8.78 Å². The highest BCUT2D eigenvalue weighted by molar-refractivity contribution is 9.10. The Bertz CT molecular complexity index is 613. The van der Waals surface area contributed by atoms with Crippen LogP contribution in [0.1, 0.15) is 24.1 Å². The second-order valence-corrected chi connectivity index (χ2v) is 5.37. The molecule has 2 aromatic carbocycles. The number of benzene rings is 2. The average Bonchev–Trinajstić information content (AvgIpc) is 2.46. The van der Waals surface area contributed by atoms with E-state index in [1.54, 1.807) is 25.3 Å². The van der Waals surface area contributed by atoms with Gasteiger partial charge in [0.1, 0.15) is 17.4 Å². The van der Waals surface area contributed by atoms with Crippen molar-refractivity contribution in [2.75, 3.05) is 13.7 Å². The summed E-state index contributed by atoms with van der Waals surface area (Å²) in [7, 11) is 1.57. The Morgan fingerprint density at radius 3 is 2.38 bits per heavy atom. The fourth-order valence-corrected chi connectivity index (χ4v) is 2.80. The lowest BCUT2D eigenvalue weighted by Gasteiger charge is -2.21. The van der Waals surface area contributed by atoms with Crippen LogP contribution in [-0.4, -0.2) is 13.7 Å². The van der Waals surface area contributed by atoms with Gasteiger partial charge in [-0.1, -0.05) is 19.1 Å². The van der Waals surface area contributed by atoms with Crippen molar-refractivity contribution in [3.05, 3.63) is 63.6 Å². The summed E-state index contributed by atoms with van der Waals surface area (Å²) in [6, 6.07) is 8.70. The molecular formula is C16H16BrF2NO. The molecule has 2 nitrogen and oxygen atoms in total. The number of methoxy groups -OCH3 is 1. The van der Waals surface area contributed by atoms with E-state index in [4.69, 9.17) is 4.74 Å². The summed E-state index contributed by atoms with van der Waals surface area (Å²) < 4.78 is 34.0. The zero-order valence-electron chi connectivity index (χ0n) is 11.8. The van der Waals surface area contributed by atoms with Crippen LogP contribution in [0.2, 0.25) is 0 Å². The maximum Gasteiger partial charge on any atom is 0.133 e. The monoisotopic (exact) mass is 355 g/mol. The lowest BCUT2D eigenvalue weighted by Crippen LogP contribution is -2.24. The Kier molecular flexibility index (Phi) is 5.31. The highest BCUT2D eigenvalue weighted by Crippen LogP contribution is 2.32. The molecule has 0 aliphatic heterocycles. The quantitative estimate of drug-likeness (QED) is 0.856. The summed E-state index contributed by atoms with van der Waals surface area (Å²) in [6.07, 6.45) is 0. The van der Waals surface area contributed by atoms with Gasteiger partial charge in [-0.3, -0.25) is 0 Å². The van der Waals surface area contributed by atoms with Gasteiger partial charge >= 0.3 is 0 Å². The minimum absolute atomic E-state index is 0.0245. The van der Waals surface area contributed by atoms with E-state index in [0.29, 0.717) is 12.3 Å². The highest BCUT2D eigenvalue weighted by atomic mass is 79.9. The van der Waals surface area contributed by atoms with E-state index in [1.165, 1.54) is 18.2 Å². The van der Waals surface area contributed by atoms with Gasteiger partial charge in [-0.15, -0.1) is 0 Å². The first-order valence-corrected chi connectivity index (χ1v) is 7.38. The Labute approximate surface area is 131 Å². The topological polar surface area (TPSA) is 21.3 Å². The molecule has 0 saturated heterocycles. The zero-order valence-corrected chi connectivity index (χ0v) is 13.4. The summed E-state index contributed by atoms with van der Waals surface area (Å²) in [5.74, 6) is -0.455. The molecule has 0 fully saturated rings. The lowest BCUT2D eigenvalue weighted by atomic mass is 9.97. The second kappa shape index (κ2) is 7.00. The Morgan fingerprint density at radius 1 is 1.19 bits per heavy atom. The van der Waals surface area contributed by atoms with Crippen molar-refractivity contribution in [2.24, 2.45) is 0 Å². The van der Waals surface area contributed by atoms with E-state index in [1.807, 2.05) is 6.92 Å². The largest absolute Gasteiger partial charge is 0.496 e. The molecule has 0 spiro atoms. The van der Waals surface area contributed by atoms with Crippen molar-refractivity contribution in [1.29, 1.82) is 0 Å². The van der Waals surface area contributed by atoms with Crippen molar-refractivity contribution >= 4 is 15.9 Å². The zero-order chi connectivity index (χ0) is 15.4. The summed E-state index contributed by atoms with van der Waals surface area (Å²) in [6.45, 7) is 2.48. The molecule has 0 bridgehead atoms. The van der Waals surface area contributed by atoms with Crippen LogP contribution in [0.15, 0.2) is 40.9 Å². The van der Waals surface area contributed by atoms with Crippen LogP contribution in [0.4, 0.5) is 8.78 Å². The first-order chi connectivity index (χ1) is 10.1. The third-order valence-corrected chi connectivity index (χ3v) is 3.83. The molecule has 1 N–H and O–H groups in total. The van der Waals surface area contributed by atoms with Gasteiger partial charge in [0.15, 0.2) is 0 Å². The Balaban J connectivity index is 2.51. The van der Waals surface area contributed by atoms with E-state index in [2.05, 4.69) is 21.2 Å². The number of rotatable bonds is 5. The van der Waals surface area contributed by atoms with Crippen molar-refractivity contribution in [3.8, 4) is 5.75 Å². The number of ether oxygens (including phenoxy) is 1. The van der Waals surface area contributed by atoms with E-state index < -0.39 is 17.7 Å². The number of halogens is 3. The molecule has 1 atom stereocenters. The van der Waals surface area contributed by atoms with Gasteiger partial charge in [0, 0.05) is 5.56 Å². The molecule has 2 aromatic rings. The van der Waals surface area contributed by atoms with Crippen LogP contribution < -0.4 is 10.1 Å². The van der Waals surface area contributed by atoms with Crippen LogP contribution in [-0.2, 0) is 0 Å². The smallest absolute Gasteiger partial charge is 0.133 e. The number of hydrogen-bond donors (Lipinski definition) is 1. The molecule has 0 aromatic heterocycles. The van der Waals surface area contributed by atoms with Gasteiger partial charge in [0.05, 0.1) is 17.6 Å². The summed E-state index contributed by atoms with van der Waals surface area (Å²) in [4.78, 5) is 0. The van der Waals surface area contributed by atoms with Crippen LogP contribution in [0.25, 0.3) is 0 Å². The molecule has 0 amide bonds. The van der Waals surface area contributed by atoms with Gasteiger partial charge in [0.2, 0.25) is 0 Å². The van der Waals surface area contributed by atoms with E-state index >= 15 is 0 Å². The first kappa shape index (κ1) is 15.9. The number of hydrogen-bond acceptors (Lipinski definition) is 2. The van der Waals surface area contributed by atoms with E-state index in [-0.39, 0.29) is 5.56 Å². The van der Waals surface area contributed by atoms with Crippen molar-refractivity contribution in [1.82, 2.24) is 5.32 Å². The first-order valence-electron chi connectivity index (χ1n) is 6.59. The van der Waals surface area contributed by atoms with E-state index in [0.717, 1.165) is 10.0 Å². The molecule has 2 rings (SSSR count). The minimum Gasteiger partial charge on any atom is -0.496 e. The normalized spacial score (nSPS) is 12.2. The van der Waals surface area contributed by atoms with E-state index in [9.17, 15) is 8.78 Å². The van der Waals surface area contributed by atoms with Crippen LogP contribution in [0.3, 0.4) is 0 Å². The summed E-state index contributed by atoms with van der Waals surface area (Å²) in [5.41, 5.74) is 0.782. The lowest BCUT2D eigenvalue weighted by molar-refractivity contribution is 0.411. The van der Waals surface area contributed by atoms with Gasteiger partial charge in [-0.05, 0) is 52.3 Å². The molecule has 0 saturated carbocycles. The van der Waals surface area contributed by atoms with Crippen LogP contribution >= 0.6 is 15.9 Å². The SMILES string of the molecule is CCNC(c1ccc(OC)c(Br)c1)c1c(F)cccc1F. The molecule has 0 aliphatic rings. The molecule has 0 radical (unpaired) electrons. The molecular weight excluding hydrogens is 340 g/mol. The predicted octanol–water partition coefficient (Wildman–Crippen LogP) is 4.43. The molecule has 0 heterocycles. The highest BCUT2D eigenvalue weighted by Gasteiger charge is 2.21. The minimum atomic E-state index is -0.562. The third kappa shape index (κ3) is 3.41. The fourth-order valence-electron chi connectivity index (χ4n) is 2.24. The molecule has 21 heavy (non-hydrogen) atoms. The second-order valence-electron chi connectivity index (χ2n) is 4.52. The van der Waals surface area contributed by atoms with Gasteiger partial charge in [-0.2, -0.15) is 0 Å². The molecule has 1 unspecified atom stereocenters. The number of nitrogens with one attached hydrogen (secondary N) is 1.